The lowest BCUT2D eigenvalue weighted by atomic mass is 9.85. The predicted octanol–water partition coefficient (Wildman–Crippen LogP) is 1.99. The fourth-order valence-corrected chi connectivity index (χ4v) is 3.89. The first kappa shape index (κ1) is 11.0. The zero-order valence-electron chi connectivity index (χ0n) is 10.5. The molecule has 0 aromatic heterocycles. The summed E-state index contributed by atoms with van der Waals surface area (Å²) < 4.78 is 0. The Morgan fingerprint density at radius 3 is 2.11 bits per heavy atom. The number of carbonyl (C=O) groups excluding carboxylic acids is 2. The van der Waals surface area contributed by atoms with Crippen LogP contribution in [0.2, 0.25) is 0 Å². The Bertz CT molecular complexity index is 548. The van der Waals surface area contributed by atoms with Gasteiger partial charge >= 0.3 is 0 Å². The zero-order valence-corrected chi connectivity index (χ0v) is 10.5. The van der Waals surface area contributed by atoms with E-state index in [1.165, 1.54) is 4.90 Å². The highest BCUT2D eigenvalue weighted by Gasteiger charge is 2.58. The average molecular weight is 253 g/mol. The molecule has 2 amide bonds. The highest BCUT2D eigenvalue weighted by Crippen LogP contribution is 2.52. The average Bonchev–Trinajstić information content (AvgIpc) is 3.10. The third kappa shape index (κ3) is 1.44. The van der Waals surface area contributed by atoms with E-state index in [9.17, 15) is 9.59 Å². The van der Waals surface area contributed by atoms with Crippen LogP contribution in [0, 0.1) is 23.7 Å². The van der Waals surface area contributed by atoms with Gasteiger partial charge in [0.2, 0.25) is 11.8 Å². The smallest absolute Gasteiger partial charge is 0.234 e. The van der Waals surface area contributed by atoms with Crippen LogP contribution in [-0.2, 0) is 16.1 Å². The summed E-state index contributed by atoms with van der Waals surface area (Å²) in [7, 11) is 0. The van der Waals surface area contributed by atoms with Crippen LogP contribution < -0.4 is 0 Å². The molecule has 0 N–H and O–H groups in total. The second-order valence-corrected chi connectivity index (χ2v) is 5.75. The van der Waals surface area contributed by atoms with Gasteiger partial charge in [-0.15, -0.1) is 0 Å². The van der Waals surface area contributed by atoms with Gasteiger partial charge in [0.15, 0.2) is 0 Å². The monoisotopic (exact) mass is 253 g/mol. The van der Waals surface area contributed by atoms with Crippen molar-refractivity contribution < 1.29 is 9.59 Å². The Balaban J connectivity index is 1.62. The van der Waals surface area contributed by atoms with Crippen LogP contribution in [0.25, 0.3) is 0 Å². The summed E-state index contributed by atoms with van der Waals surface area (Å²) in [6, 6.07) is 9.73. The number of hydrogen-bond acceptors (Lipinski definition) is 2. The number of benzene rings is 1. The molecule has 2 bridgehead atoms. The van der Waals surface area contributed by atoms with Gasteiger partial charge in [-0.25, -0.2) is 0 Å². The molecular weight excluding hydrogens is 238 g/mol. The second kappa shape index (κ2) is 3.80. The normalized spacial score (nSPS) is 35.3. The van der Waals surface area contributed by atoms with Crippen LogP contribution in [-0.4, -0.2) is 16.7 Å². The third-order valence-corrected chi connectivity index (χ3v) is 4.75. The maximum atomic E-state index is 12.5. The SMILES string of the molecule is O=C1[C@@H]2[C@@H](C(=O)N1Cc1ccccc1)[C@H]1C=C[C@@H]2C1. The van der Waals surface area contributed by atoms with Crippen LogP contribution in [0.5, 0.6) is 0 Å². The van der Waals surface area contributed by atoms with Crippen molar-refractivity contribution in [1.82, 2.24) is 4.90 Å². The maximum absolute atomic E-state index is 12.5. The van der Waals surface area contributed by atoms with E-state index in [-0.39, 0.29) is 23.7 Å². The van der Waals surface area contributed by atoms with E-state index in [0.29, 0.717) is 18.4 Å². The van der Waals surface area contributed by atoms with Gasteiger partial charge in [0.1, 0.15) is 0 Å². The Morgan fingerprint density at radius 1 is 0.947 bits per heavy atom. The summed E-state index contributed by atoms with van der Waals surface area (Å²) in [5, 5.41) is 0. The first-order valence-corrected chi connectivity index (χ1v) is 6.83. The third-order valence-electron chi connectivity index (χ3n) is 4.75. The molecule has 0 spiro atoms. The minimum absolute atomic E-state index is 0.0377. The van der Waals surface area contributed by atoms with E-state index < -0.39 is 0 Å². The Kier molecular flexibility index (Phi) is 2.19. The summed E-state index contributed by atoms with van der Waals surface area (Å²) in [6.07, 6.45) is 5.25. The van der Waals surface area contributed by atoms with Gasteiger partial charge in [-0.3, -0.25) is 14.5 Å². The zero-order chi connectivity index (χ0) is 13.0. The first-order chi connectivity index (χ1) is 9.25. The molecule has 1 saturated carbocycles. The molecule has 2 fully saturated rings. The molecule has 2 aliphatic carbocycles. The van der Waals surface area contributed by atoms with Crippen LogP contribution in [0.3, 0.4) is 0 Å². The van der Waals surface area contributed by atoms with Crippen LogP contribution in [0.15, 0.2) is 42.5 Å². The molecule has 0 unspecified atom stereocenters. The molecule has 1 saturated heterocycles. The van der Waals surface area contributed by atoms with E-state index in [1.807, 2.05) is 30.3 Å². The molecule has 96 valence electrons. The summed E-state index contributed by atoms with van der Waals surface area (Å²) >= 11 is 0. The fourth-order valence-electron chi connectivity index (χ4n) is 3.89. The van der Waals surface area contributed by atoms with E-state index in [1.54, 1.807) is 0 Å². The number of amides is 2. The largest absolute Gasteiger partial charge is 0.278 e. The number of carbonyl (C=O) groups is 2. The number of allylic oxidation sites excluding steroid dienone is 2. The van der Waals surface area contributed by atoms with Crippen molar-refractivity contribution in [3.05, 3.63) is 48.0 Å². The highest BCUT2D eigenvalue weighted by molar-refractivity contribution is 6.06. The molecule has 0 radical (unpaired) electrons. The number of imide groups is 1. The molecule has 4 rings (SSSR count). The van der Waals surface area contributed by atoms with Crippen molar-refractivity contribution in [3.8, 4) is 0 Å². The van der Waals surface area contributed by atoms with Crippen LogP contribution >= 0.6 is 0 Å². The number of hydrogen-bond donors (Lipinski definition) is 0. The summed E-state index contributed by atoms with van der Waals surface area (Å²) in [5.74, 6) is 0.517. The molecule has 1 heterocycles. The molecule has 3 heteroatoms. The minimum Gasteiger partial charge on any atom is -0.278 e. The number of fused-ring (bicyclic) bond motifs is 5. The van der Waals surface area contributed by atoms with Gasteiger partial charge in [0.05, 0.1) is 18.4 Å². The maximum Gasteiger partial charge on any atom is 0.234 e. The quantitative estimate of drug-likeness (QED) is 0.597. The van der Waals surface area contributed by atoms with E-state index in [4.69, 9.17) is 0 Å². The van der Waals surface area contributed by atoms with Crippen molar-refractivity contribution >= 4 is 11.8 Å². The van der Waals surface area contributed by atoms with Crippen LogP contribution in [0.4, 0.5) is 0 Å². The van der Waals surface area contributed by atoms with E-state index in [0.717, 1.165) is 12.0 Å². The van der Waals surface area contributed by atoms with Gasteiger partial charge in [-0.05, 0) is 23.8 Å². The van der Waals surface area contributed by atoms with Gasteiger partial charge in [-0.2, -0.15) is 0 Å². The topological polar surface area (TPSA) is 37.4 Å². The minimum atomic E-state index is -0.0776. The van der Waals surface area contributed by atoms with Gasteiger partial charge < -0.3 is 0 Å². The Morgan fingerprint density at radius 2 is 1.53 bits per heavy atom. The Hall–Kier alpha value is -1.90. The van der Waals surface area contributed by atoms with Crippen molar-refractivity contribution in [1.29, 1.82) is 0 Å². The lowest BCUT2D eigenvalue weighted by molar-refractivity contribution is -0.141. The number of likely N-dealkylation sites (tertiary alicyclic amines) is 1. The van der Waals surface area contributed by atoms with E-state index >= 15 is 0 Å². The molecular formula is C16H15NO2. The Labute approximate surface area is 111 Å². The summed E-state index contributed by atoms with van der Waals surface area (Å²) in [4.78, 5) is 26.4. The van der Waals surface area contributed by atoms with Gasteiger partial charge in [0.25, 0.3) is 0 Å². The molecule has 19 heavy (non-hydrogen) atoms. The molecule has 4 atom stereocenters. The van der Waals surface area contributed by atoms with Crippen molar-refractivity contribution in [2.75, 3.05) is 0 Å². The van der Waals surface area contributed by atoms with E-state index in [2.05, 4.69) is 12.2 Å². The van der Waals surface area contributed by atoms with Gasteiger partial charge in [-0.1, -0.05) is 42.5 Å². The van der Waals surface area contributed by atoms with Gasteiger partial charge in [0, 0.05) is 0 Å². The molecule has 3 nitrogen and oxygen atoms in total. The fraction of sp³-hybridized carbons (Fsp3) is 0.375. The summed E-state index contributed by atoms with van der Waals surface area (Å²) in [6.45, 7) is 0.422. The molecule has 1 aromatic carbocycles. The summed E-state index contributed by atoms with van der Waals surface area (Å²) in [5.41, 5.74) is 1.02. The lowest BCUT2D eigenvalue weighted by Crippen LogP contribution is -2.32. The standard InChI is InChI=1S/C16H15NO2/c18-15-13-11-6-7-12(8-11)14(13)16(19)17(15)9-10-4-2-1-3-5-10/h1-7,11-14H,8-9H2/t11-,12+,13-,14-/m0/s1. The lowest BCUT2D eigenvalue weighted by Gasteiger charge is -2.17. The number of rotatable bonds is 2. The predicted molar refractivity (Wildman–Crippen MR) is 69.7 cm³/mol. The van der Waals surface area contributed by atoms with Crippen molar-refractivity contribution in [2.45, 2.75) is 13.0 Å². The molecule has 3 aliphatic rings. The molecule has 1 aliphatic heterocycles. The second-order valence-electron chi connectivity index (χ2n) is 5.75. The van der Waals surface area contributed by atoms with Crippen LogP contribution in [0.1, 0.15) is 12.0 Å². The molecule has 1 aromatic rings. The van der Waals surface area contributed by atoms with Crippen molar-refractivity contribution in [3.63, 3.8) is 0 Å². The first-order valence-electron chi connectivity index (χ1n) is 6.83. The van der Waals surface area contributed by atoms with Crippen molar-refractivity contribution in [2.24, 2.45) is 23.7 Å². The number of nitrogens with zero attached hydrogens (tertiary/aromatic N) is 1. The highest BCUT2D eigenvalue weighted by atomic mass is 16.2.